The molecule has 0 radical (unpaired) electrons. The Morgan fingerprint density at radius 1 is 1.04 bits per heavy atom. The van der Waals surface area contributed by atoms with Gasteiger partial charge in [0.2, 0.25) is 0 Å². The van der Waals surface area contributed by atoms with Gasteiger partial charge in [-0.05, 0) is 78.5 Å². The molecule has 1 aliphatic heterocycles. The number of nitrogens with zero attached hydrogens (tertiary/aromatic N) is 4. The van der Waals surface area contributed by atoms with E-state index in [1.54, 1.807) is 0 Å². The predicted molar refractivity (Wildman–Crippen MR) is 177 cm³/mol. The average Bonchev–Trinajstić information content (AvgIpc) is 3.63. The number of aryl methyl sites for hydroxylation is 1. The zero-order valence-corrected chi connectivity index (χ0v) is 27.1. The minimum Gasteiger partial charge on any atom is -0.406 e. The summed E-state index contributed by atoms with van der Waals surface area (Å²) in [6.07, 6.45) is -2.49. The van der Waals surface area contributed by atoms with Gasteiger partial charge in [-0.25, -0.2) is 14.5 Å². The molecular weight excluding hydrogens is 611 g/mol. The van der Waals surface area contributed by atoms with E-state index in [0.717, 1.165) is 22.6 Å². The number of ether oxygens (including phenoxy) is 1. The van der Waals surface area contributed by atoms with E-state index >= 15 is 0 Å². The van der Waals surface area contributed by atoms with Crippen molar-refractivity contribution in [2.75, 3.05) is 6.54 Å². The van der Waals surface area contributed by atoms with Crippen molar-refractivity contribution in [3.8, 4) is 22.8 Å². The minimum atomic E-state index is -4.75. The molecule has 7 nitrogen and oxygen atoms in total. The third-order valence-electron chi connectivity index (χ3n) is 7.68. The summed E-state index contributed by atoms with van der Waals surface area (Å²) in [6, 6.07) is 19.5. The van der Waals surface area contributed by atoms with Crippen LogP contribution in [0.15, 0.2) is 89.0 Å². The van der Waals surface area contributed by atoms with E-state index < -0.39 is 6.36 Å². The van der Waals surface area contributed by atoms with Gasteiger partial charge in [-0.15, -0.1) is 18.3 Å². The molecule has 1 aliphatic rings. The molecule has 240 valence electrons. The fourth-order valence-electron chi connectivity index (χ4n) is 5.41. The van der Waals surface area contributed by atoms with Crippen molar-refractivity contribution >= 4 is 22.8 Å². The van der Waals surface area contributed by atoms with E-state index in [4.69, 9.17) is 0 Å². The molecule has 0 saturated heterocycles. The highest BCUT2D eigenvalue weighted by atomic mass is 32.2. The van der Waals surface area contributed by atoms with Gasteiger partial charge in [0.05, 0.1) is 16.6 Å². The highest BCUT2D eigenvalue weighted by Gasteiger charge is 2.31. The molecule has 4 aromatic rings. The van der Waals surface area contributed by atoms with E-state index in [2.05, 4.69) is 83.4 Å². The van der Waals surface area contributed by atoms with Crippen molar-refractivity contribution in [2.24, 2.45) is 10.9 Å². The summed E-state index contributed by atoms with van der Waals surface area (Å²) in [5, 5.41) is 10.3. The molecule has 46 heavy (non-hydrogen) atoms. The third-order valence-corrected chi connectivity index (χ3v) is 8.74. The quantitative estimate of drug-likeness (QED) is 0.196. The van der Waals surface area contributed by atoms with Crippen LogP contribution in [-0.4, -0.2) is 38.7 Å². The van der Waals surface area contributed by atoms with Gasteiger partial charge in [-0.1, -0.05) is 86.1 Å². The third kappa shape index (κ3) is 8.25. The minimum absolute atomic E-state index is 0.0108. The highest BCUT2D eigenvalue weighted by Crippen LogP contribution is 2.41. The van der Waals surface area contributed by atoms with Gasteiger partial charge in [-0.3, -0.25) is 0 Å². The number of amides is 2. The molecule has 1 N–H and O–H groups in total. The Hall–Kier alpha value is -4.38. The van der Waals surface area contributed by atoms with Crippen molar-refractivity contribution in [2.45, 2.75) is 59.2 Å². The number of halogens is 3. The maximum absolute atomic E-state index is 12.9. The van der Waals surface area contributed by atoms with Crippen molar-refractivity contribution in [1.29, 1.82) is 0 Å². The molecule has 11 heteroatoms. The summed E-state index contributed by atoms with van der Waals surface area (Å²) >= 11 is 1.52. The molecule has 0 saturated carbocycles. The second-order valence-corrected chi connectivity index (χ2v) is 12.8. The maximum atomic E-state index is 12.9. The first kappa shape index (κ1) is 33.0. The van der Waals surface area contributed by atoms with Crippen LogP contribution < -0.4 is 10.1 Å². The zero-order chi connectivity index (χ0) is 33.0. The van der Waals surface area contributed by atoms with Crippen LogP contribution in [0, 0.1) is 12.8 Å². The van der Waals surface area contributed by atoms with Gasteiger partial charge in [-0.2, -0.15) is 4.99 Å². The first-order valence-corrected chi connectivity index (χ1v) is 15.9. The number of carbonyl (C=O) groups excluding carboxylic acids is 1. The topological polar surface area (TPSA) is 81.4 Å². The van der Waals surface area contributed by atoms with Gasteiger partial charge in [0, 0.05) is 12.1 Å². The van der Waals surface area contributed by atoms with Crippen LogP contribution in [0.4, 0.5) is 18.0 Å². The van der Waals surface area contributed by atoms with Crippen LogP contribution in [0.25, 0.3) is 17.1 Å². The Morgan fingerprint density at radius 3 is 2.43 bits per heavy atom. The number of hydrogen-bond acceptors (Lipinski definition) is 5. The number of aromatic nitrogens is 3. The molecule has 2 unspecified atom stereocenters. The zero-order valence-electron chi connectivity index (χ0n) is 26.3. The number of urea groups is 1. The first-order chi connectivity index (χ1) is 21.9. The second-order valence-electron chi connectivity index (χ2n) is 11.9. The molecule has 0 spiro atoms. The van der Waals surface area contributed by atoms with Gasteiger partial charge in [0.1, 0.15) is 12.1 Å². The summed E-state index contributed by atoms with van der Waals surface area (Å²) in [7, 11) is 0. The molecule has 2 heterocycles. The number of alkyl halides is 3. The van der Waals surface area contributed by atoms with Gasteiger partial charge in [0.25, 0.3) is 0 Å². The second kappa shape index (κ2) is 13.9. The molecule has 1 aromatic heterocycles. The van der Waals surface area contributed by atoms with E-state index in [1.807, 2.05) is 24.3 Å². The lowest BCUT2D eigenvalue weighted by molar-refractivity contribution is -0.274. The molecule has 5 rings (SSSR count). The fraction of sp³-hybridized carbons (Fsp3) is 0.314. The summed E-state index contributed by atoms with van der Waals surface area (Å²) in [6.45, 7) is 11.1. The summed E-state index contributed by atoms with van der Waals surface area (Å²) in [4.78, 5) is 21.7. The Labute approximate surface area is 271 Å². The first-order valence-electron chi connectivity index (χ1n) is 15.0. The van der Waals surface area contributed by atoms with Crippen LogP contribution in [-0.2, 0) is 6.42 Å². The lowest BCUT2D eigenvalue weighted by atomic mass is 9.85. The molecular formula is C35H36F3N5O2S. The summed E-state index contributed by atoms with van der Waals surface area (Å²) in [5.41, 5.74) is 7.32. The molecule has 0 aliphatic carbocycles. The maximum Gasteiger partial charge on any atom is 0.573 e. The van der Waals surface area contributed by atoms with Gasteiger partial charge < -0.3 is 10.1 Å². The van der Waals surface area contributed by atoms with E-state index in [9.17, 15) is 18.0 Å². The summed E-state index contributed by atoms with van der Waals surface area (Å²) in [5.74, 6) is 0.710. The van der Waals surface area contributed by atoms with Crippen molar-refractivity contribution in [1.82, 2.24) is 20.1 Å². The Morgan fingerprint density at radius 2 is 1.76 bits per heavy atom. The van der Waals surface area contributed by atoms with E-state index in [-0.39, 0.29) is 23.6 Å². The monoisotopic (exact) mass is 647 g/mol. The largest absolute Gasteiger partial charge is 0.573 e. The number of allylic oxidation sites excluding steroid dienone is 1. The van der Waals surface area contributed by atoms with Crippen LogP contribution in [0.1, 0.15) is 61.8 Å². The average molecular weight is 648 g/mol. The van der Waals surface area contributed by atoms with Crippen LogP contribution in [0.5, 0.6) is 5.75 Å². The molecule has 3 aromatic carbocycles. The lowest BCUT2D eigenvalue weighted by Crippen LogP contribution is -2.27. The Kier molecular flexibility index (Phi) is 10.0. The van der Waals surface area contributed by atoms with Gasteiger partial charge >= 0.3 is 12.4 Å². The molecule has 2 atom stereocenters. The van der Waals surface area contributed by atoms with Crippen molar-refractivity contribution in [3.05, 3.63) is 106 Å². The summed E-state index contributed by atoms with van der Waals surface area (Å²) < 4.78 is 42.7. The van der Waals surface area contributed by atoms with E-state index in [1.165, 1.54) is 69.3 Å². The van der Waals surface area contributed by atoms with Crippen molar-refractivity contribution in [3.63, 3.8) is 0 Å². The number of aliphatic imine (C=N–C) groups is 1. The SMILES string of the molecule is CC1=CSC(=NC(=O)NCC(C)Cc2ccc(-c3ncn(-c4ccc(OC(F)(F)F)cc4)n3)cc2)C1c1cc(C)ccc1C(C)C. The van der Waals surface area contributed by atoms with Crippen LogP contribution >= 0.6 is 11.8 Å². The van der Waals surface area contributed by atoms with Crippen LogP contribution in [0.2, 0.25) is 0 Å². The number of benzene rings is 3. The number of nitrogens with one attached hydrogen (secondary N) is 1. The normalized spacial score (nSPS) is 16.5. The standard InChI is InChI=1S/C35H36F3N5O2S/c1-21(2)29-15-6-22(3)17-30(29)31-24(5)19-46-33(31)41-34(44)39-18-23(4)16-25-7-9-26(10-8-25)32-40-20-43(42-32)27-11-13-28(14-12-27)45-35(36,37)38/h6-15,17,19-21,23,31H,16,18H2,1-5H3,(H,39,44). The number of rotatable bonds is 9. The number of thioether (sulfide) groups is 1. The molecule has 0 bridgehead atoms. The van der Waals surface area contributed by atoms with E-state index in [0.29, 0.717) is 24.0 Å². The smallest absolute Gasteiger partial charge is 0.406 e. The number of hydrogen-bond donors (Lipinski definition) is 1. The highest BCUT2D eigenvalue weighted by molar-refractivity contribution is 8.17. The number of carbonyl (C=O) groups is 1. The predicted octanol–water partition coefficient (Wildman–Crippen LogP) is 8.99. The molecule has 2 amide bonds. The fourth-order valence-corrected chi connectivity index (χ4v) is 6.44. The molecule has 0 fully saturated rings. The van der Waals surface area contributed by atoms with Crippen LogP contribution in [0.3, 0.4) is 0 Å². The lowest BCUT2D eigenvalue weighted by Gasteiger charge is -2.21. The Balaban J connectivity index is 1.16. The van der Waals surface area contributed by atoms with Gasteiger partial charge in [0.15, 0.2) is 5.82 Å². The Bertz CT molecular complexity index is 1750. The van der Waals surface area contributed by atoms with Crippen molar-refractivity contribution < 1.29 is 22.7 Å².